The first kappa shape index (κ1) is 36.4. The molecule has 10 aliphatic rings. The van der Waals surface area contributed by atoms with Crippen LogP contribution in [0.25, 0.3) is 43.1 Å². The third kappa shape index (κ3) is 4.61. The van der Waals surface area contributed by atoms with E-state index >= 15 is 0 Å². The van der Waals surface area contributed by atoms with Gasteiger partial charge < -0.3 is 18.9 Å². The Bertz CT molecular complexity index is 2870. The van der Waals surface area contributed by atoms with Gasteiger partial charge in [0, 0.05) is 69.6 Å². The van der Waals surface area contributed by atoms with Crippen LogP contribution in [0.2, 0.25) is 0 Å². The maximum absolute atomic E-state index is 7.26. The number of rotatable bonds is 8. The summed E-state index contributed by atoms with van der Waals surface area (Å²) >= 11 is 0. The molecule has 8 bridgehead atoms. The van der Waals surface area contributed by atoms with E-state index < -0.39 is 0 Å². The molecule has 0 aliphatic heterocycles. The van der Waals surface area contributed by atoms with E-state index in [4.69, 9.17) is 18.9 Å². The van der Waals surface area contributed by atoms with Crippen molar-refractivity contribution in [3.8, 4) is 11.5 Å². The topological polar surface area (TPSA) is 36.9 Å². The van der Waals surface area contributed by atoms with Crippen molar-refractivity contribution in [2.75, 3.05) is 14.2 Å². The average molecular weight is 835 g/mol. The quantitative estimate of drug-likeness (QED) is 0.113. The van der Waals surface area contributed by atoms with Crippen molar-refractivity contribution in [2.24, 2.45) is 47.3 Å². The molecule has 14 atom stereocenters. The van der Waals surface area contributed by atoms with Crippen LogP contribution in [0.3, 0.4) is 0 Å². The van der Waals surface area contributed by atoms with Gasteiger partial charge in [0.2, 0.25) is 0 Å². The highest BCUT2D eigenvalue weighted by atomic mass is 16.5. The molecule has 0 radical (unpaired) electrons. The number of hydrogen-bond donors (Lipinski definition) is 0. The molecular formula is C60H50O4. The molecule has 0 aromatic heterocycles. The summed E-state index contributed by atoms with van der Waals surface area (Å²) in [5.74, 6) is 6.46. The number of benzene rings is 7. The largest absolute Gasteiger partial charge is 0.496 e. The molecule has 314 valence electrons. The van der Waals surface area contributed by atoms with Gasteiger partial charge in [-0.25, -0.2) is 0 Å². The third-order valence-corrected chi connectivity index (χ3v) is 17.9. The fourth-order valence-corrected chi connectivity index (χ4v) is 15.8. The van der Waals surface area contributed by atoms with Crippen LogP contribution in [-0.4, -0.2) is 26.4 Å². The van der Waals surface area contributed by atoms with E-state index in [2.05, 4.69) is 158 Å². The lowest BCUT2D eigenvalue weighted by molar-refractivity contribution is 0.0117. The third-order valence-electron chi connectivity index (χ3n) is 17.9. The summed E-state index contributed by atoms with van der Waals surface area (Å²) in [6, 6.07) is 39.9. The smallest absolute Gasteiger partial charge is 0.127 e. The lowest BCUT2D eigenvalue weighted by Crippen LogP contribution is -2.41. The maximum Gasteiger partial charge on any atom is 0.127 e. The molecule has 0 spiro atoms. The van der Waals surface area contributed by atoms with Crippen LogP contribution < -0.4 is 9.47 Å². The van der Waals surface area contributed by atoms with Gasteiger partial charge in [-0.1, -0.05) is 146 Å². The molecule has 2 unspecified atom stereocenters. The molecule has 4 nitrogen and oxygen atoms in total. The van der Waals surface area contributed by atoms with Gasteiger partial charge in [0.05, 0.1) is 39.6 Å². The summed E-state index contributed by atoms with van der Waals surface area (Å²) in [6.45, 7) is 1.21. The van der Waals surface area contributed by atoms with Gasteiger partial charge in [-0.2, -0.15) is 0 Å². The number of fused-ring (bicyclic) bond motifs is 8. The van der Waals surface area contributed by atoms with Crippen LogP contribution in [0.1, 0.15) is 57.1 Å². The van der Waals surface area contributed by atoms with Crippen LogP contribution in [-0.2, 0) is 22.7 Å². The highest BCUT2D eigenvalue weighted by Crippen LogP contribution is 2.73. The first-order valence-corrected chi connectivity index (χ1v) is 23.8. The molecule has 10 aliphatic carbocycles. The zero-order valence-corrected chi connectivity index (χ0v) is 36.1. The van der Waals surface area contributed by atoms with Crippen molar-refractivity contribution < 1.29 is 18.9 Å². The van der Waals surface area contributed by atoms with Crippen LogP contribution in [0.5, 0.6) is 11.5 Å². The van der Waals surface area contributed by atoms with Crippen molar-refractivity contribution in [1.82, 2.24) is 0 Å². The molecule has 4 heteroatoms. The molecule has 0 N–H and O–H groups in total. The van der Waals surface area contributed by atoms with E-state index in [1.165, 1.54) is 76.5 Å². The average Bonchev–Trinajstić information content (AvgIpc) is 4.12. The lowest BCUT2D eigenvalue weighted by Gasteiger charge is -2.52. The number of ether oxygens (including phenoxy) is 4. The van der Waals surface area contributed by atoms with E-state index in [0.29, 0.717) is 60.6 Å². The molecule has 0 heterocycles. The van der Waals surface area contributed by atoms with Crippen molar-refractivity contribution in [3.63, 3.8) is 0 Å². The Morgan fingerprint density at radius 3 is 0.922 bits per heavy atom. The van der Waals surface area contributed by atoms with E-state index in [0.717, 1.165) is 11.5 Å². The van der Waals surface area contributed by atoms with Gasteiger partial charge >= 0.3 is 0 Å². The Hall–Kier alpha value is -5.94. The van der Waals surface area contributed by atoms with Crippen molar-refractivity contribution in [1.29, 1.82) is 0 Å². The Kier molecular flexibility index (Phi) is 7.57. The minimum Gasteiger partial charge on any atom is -0.496 e. The predicted molar refractivity (Wildman–Crippen MR) is 255 cm³/mol. The molecule has 2 saturated carbocycles. The van der Waals surface area contributed by atoms with Crippen LogP contribution in [0.4, 0.5) is 0 Å². The molecule has 2 fully saturated rings. The Morgan fingerprint density at radius 1 is 0.359 bits per heavy atom. The first-order valence-electron chi connectivity index (χ1n) is 23.8. The Labute approximate surface area is 373 Å². The number of allylic oxidation sites excluding steroid dienone is 4. The van der Waals surface area contributed by atoms with Crippen molar-refractivity contribution >= 4 is 43.1 Å². The number of hydrogen-bond acceptors (Lipinski definition) is 4. The SMILES string of the molecule is COc1c2c(c(OC)c3c1[C@@H]1C=C[C@H]3[C@@H]3[C@H]1[C@@H]1C=C[C@H]3C1OCc1c3ccccc3cc3ccccc13)[C@@H]1C=C[C@H]2[C@@H]2[C@H]1[C@@H]1C=C[C@H]2C1OCc1c2ccccc2cc2ccccc12. The van der Waals surface area contributed by atoms with Crippen molar-refractivity contribution in [3.05, 3.63) is 191 Å². The molecule has 7 aromatic rings. The summed E-state index contributed by atoms with van der Waals surface area (Å²) in [6.07, 6.45) is 20.4. The van der Waals surface area contributed by atoms with E-state index in [1.54, 1.807) is 0 Å². The predicted octanol–water partition coefficient (Wildman–Crippen LogP) is 13.1. The zero-order chi connectivity index (χ0) is 41.9. The fourth-order valence-electron chi connectivity index (χ4n) is 15.8. The number of methoxy groups -OCH3 is 2. The second-order valence-electron chi connectivity index (χ2n) is 20.1. The minimum absolute atomic E-state index is 0.140. The monoisotopic (exact) mass is 834 g/mol. The van der Waals surface area contributed by atoms with E-state index in [1.807, 2.05) is 14.2 Å². The second-order valence-corrected chi connectivity index (χ2v) is 20.1. The van der Waals surface area contributed by atoms with Gasteiger partial charge in [-0.3, -0.25) is 0 Å². The van der Waals surface area contributed by atoms with E-state index in [9.17, 15) is 0 Å². The molecule has 64 heavy (non-hydrogen) atoms. The van der Waals surface area contributed by atoms with Gasteiger partial charge in [0.15, 0.2) is 0 Å². The summed E-state index contributed by atoms with van der Waals surface area (Å²) < 4.78 is 28.1. The fraction of sp³-hybridized carbons (Fsp3) is 0.300. The Balaban J connectivity index is 0.779. The van der Waals surface area contributed by atoms with E-state index in [-0.39, 0.29) is 35.9 Å². The molecular weight excluding hydrogens is 785 g/mol. The Morgan fingerprint density at radius 2 is 0.641 bits per heavy atom. The highest BCUT2D eigenvalue weighted by Gasteiger charge is 2.65. The van der Waals surface area contributed by atoms with Gasteiger partial charge in [-0.15, -0.1) is 0 Å². The maximum atomic E-state index is 7.26. The molecule has 0 amide bonds. The van der Waals surface area contributed by atoms with Gasteiger partial charge in [0.1, 0.15) is 11.5 Å². The summed E-state index contributed by atoms with van der Waals surface area (Å²) in [5, 5.41) is 10.3. The first-order chi connectivity index (χ1) is 31.7. The standard InChI is InChI=1S/C60H50O4/c1-61-59-53-39-19-21-41(51-45-25-23-43(49(39)51)57(45)63-29-47-35-15-7-3-11-31(35)27-32-12-4-8-16-36(32)47)55(53)60(62-2)56-42-22-20-40(54(56)59)50-44-24-26-46(52(42)50)58(44)64-30-48-37-17-9-5-13-33(37)28-34-14-6-10-18-38(34)48/h3-28,39-46,49-52,57-58H,29-30H2,1-2H3/t39-,40+,41+,42-,43+,44-,45-,46+,49-,50+,51+,52-,57?,58?. The lowest BCUT2D eigenvalue weighted by atomic mass is 9.52. The van der Waals surface area contributed by atoms with Gasteiger partial charge in [-0.05, 0) is 90.0 Å². The summed E-state index contributed by atoms with van der Waals surface area (Å²) in [4.78, 5) is 0. The van der Waals surface area contributed by atoms with Crippen LogP contribution >= 0.6 is 0 Å². The van der Waals surface area contributed by atoms with Crippen molar-refractivity contribution in [2.45, 2.75) is 49.1 Å². The van der Waals surface area contributed by atoms with Crippen LogP contribution in [0.15, 0.2) is 158 Å². The second kappa shape index (κ2) is 13.3. The highest BCUT2D eigenvalue weighted by molar-refractivity contribution is 6.03. The summed E-state index contributed by atoms with van der Waals surface area (Å²) in [7, 11) is 3.86. The molecule has 7 aromatic carbocycles. The normalized spacial score (nSPS) is 33.5. The minimum atomic E-state index is 0.140. The molecule has 17 rings (SSSR count). The molecule has 0 saturated heterocycles. The summed E-state index contributed by atoms with van der Waals surface area (Å²) in [5.41, 5.74) is 8.15. The van der Waals surface area contributed by atoms with Gasteiger partial charge in [0.25, 0.3) is 0 Å². The van der Waals surface area contributed by atoms with Crippen LogP contribution in [0, 0.1) is 47.3 Å². The zero-order valence-electron chi connectivity index (χ0n) is 36.1.